The van der Waals surface area contributed by atoms with Crippen molar-refractivity contribution in [3.05, 3.63) is 47.3 Å². The molecular formula is C17H25N3O. The third kappa shape index (κ3) is 2.95. The van der Waals surface area contributed by atoms with E-state index in [1.807, 2.05) is 18.8 Å². The molecule has 0 bridgehead atoms. The van der Waals surface area contributed by atoms with E-state index in [0.717, 1.165) is 11.4 Å². The first-order chi connectivity index (χ1) is 9.90. The first kappa shape index (κ1) is 15.6. The van der Waals surface area contributed by atoms with Crippen molar-refractivity contribution in [1.29, 1.82) is 0 Å². The van der Waals surface area contributed by atoms with Gasteiger partial charge in [0.25, 0.3) is 0 Å². The molecule has 2 aromatic rings. The third-order valence-corrected chi connectivity index (χ3v) is 3.81. The van der Waals surface area contributed by atoms with E-state index < -0.39 is 0 Å². The van der Waals surface area contributed by atoms with E-state index in [1.54, 1.807) is 13.3 Å². The number of ether oxygens (including phenoxy) is 1. The molecule has 0 spiro atoms. The molecule has 2 rings (SSSR count). The maximum absolute atomic E-state index is 5.47. The second kappa shape index (κ2) is 5.90. The van der Waals surface area contributed by atoms with E-state index in [1.165, 1.54) is 11.1 Å². The molecule has 1 N–H and O–H groups in total. The standard InChI is InChI=1S/C17H25N3O/c1-17(2,3)13-10-8-7-9-12(13)15(18-4)16-14(21-6)11-19-20(16)5/h7-11,15,18H,1-6H3. The lowest BCUT2D eigenvalue weighted by Gasteiger charge is -2.28. The number of methoxy groups -OCH3 is 1. The van der Waals surface area contributed by atoms with Gasteiger partial charge in [-0.25, -0.2) is 0 Å². The van der Waals surface area contributed by atoms with E-state index in [9.17, 15) is 0 Å². The summed E-state index contributed by atoms with van der Waals surface area (Å²) in [7, 11) is 5.60. The van der Waals surface area contributed by atoms with Gasteiger partial charge in [0.1, 0.15) is 5.69 Å². The molecule has 1 unspecified atom stereocenters. The monoisotopic (exact) mass is 287 g/mol. The predicted octanol–water partition coefficient (Wildman–Crippen LogP) is 3.04. The molecule has 0 amide bonds. The molecule has 0 fully saturated rings. The molecule has 114 valence electrons. The van der Waals surface area contributed by atoms with E-state index in [2.05, 4.69) is 55.5 Å². The average molecular weight is 287 g/mol. The van der Waals surface area contributed by atoms with Gasteiger partial charge in [-0.15, -0.1) is 0 Å². The Morgan fingerprint density at radius 1 is 1.24 bits per heavy atom. The van der Waals surface area contributed by atoms with Gasteiger partial charge < -0.3 is 10.1 Å². The van der Waals surface area contributed by atoms with Crippen LogP contribution in [0.3, 0.4) is 0 Å². The Balaban J connectivity index is 2.60. The van der Waals surface area contributed by atoms with E-state index in [0.29, 0.717) is 0 Å². The minimum Gasteiger partial charge on any atom is -0.493 e. The molecule has 1 aromatic carbocycles. The lowest BCUT2D eigenvalue weighted by atomic mass is 9.81. The van der Waals surface area contributed by atoms with Gasteiger partial charge in [-0.3, -0.25) is 4.68 Å². The Bertz CT molecular complexity index is 611. The summed E-state index contributed by atoms with van der Waals surface area (Å²) in [6.07, 6.45) is 1.76. The first-order valence-corrected chi connectivity index (χ1v) is 7.22. The number of aryl methyl sites for hydroxylation is 1. The highest BCUT2D eigenvalue weighted by Crippen LogP contribution is 2.35. The smallest absolute Gasteiger partial charge is 0.161 e. The van der Waals surface area contributed by atoms with Crippen LogP contribution in [0.2, 0.25) is 0 Å². The van der Waals surface area contributed by atoms with Crippen LogP contribution in [0, 0.1) is 0 Å². The van der Waals surface area contributed by atoms with Crippen LogP contribution >= 0.6 is 0 Å². The summed E-state index contributed by atoms with van der Waals surface area (Å²) in [6.45, 7) is 6.71. The van der Waals surface area contributed by atoms with Crippen LogP contribution in [0.15, 0.2) is 30.5 Å². The minimum atomic E-state index is 0.0443. The van der Waals surface area contributed by atoms with Gasteiger partial charge in [0.15, 0.2) is 5.75 Å². The van der Waals surface area contributed by atoms with E-state index >= 15 is 0 Å². The van der Waals surface area contributed by atoms with Gasteiger partial charge in [0.05, 0.1) is 19.3 Å². The zero-order valence-corrected chi connectivity index (χ0v) is 13.8. The van der Waals surface area contributed by atoms with Crippen molar-refractivity contribution in [2.75, 3.05) is 14.2 Å². The van der Waals surface area contributed by atoms with Crippen molar-refractivity contribution in [2.45, 2.75) is 32.2 Å². The zero-order chi connectivity index (χ0) is 15.6. The summed E-state index contributed by atoms with van der Waals surface area (Å²) in [5, 5.41) is 7.73. The molecule has 1 atom stereocenters. The van der Waals surface area contributed by atoms with E-state index in [-0.39, 0.29) is 11.5 Å². The predicted molar refractivity (Wildman–Crippen MR) is 85.8 cm³/mol. The molecule has 21 heavy (non-hydrogen) atoms. The van der Waals surface area contributed by atoms with Crippen molar-refractivity contribution in [3.8, 4) is 5.75 Å². The number of nitrogens with zero attached hydrogens (tertiary/aromatic N) is 2. The zero-order valence-electron chi connectivity index (χ0n) is 13.8. The van der Waals surface area contributed by atoms with Crippen LogP contribution < -0.4 is 10.1 Å². The Morgan fingerprint density at radius 3 is 2.48 bits per heavy atom. The molecule has 0 aliphatic heterocycles. The maximum atomic E-state index is 5.47. The van der Waals surface area contributed by atoms with Gasteiger partial charge in [0.2, 0.25) is 0 Å². The quantitative estimate of drug-likeness (QED) is 0.939. The Hall–Kier alpha value is -1.81. The van der Waals surface area contributed by atoms with Crippen molar-refractivity contribution in [2.24, 2.45) is 7.05 Å². The molecule has 1 aromatic heterocycles. The minimum absolute atomic E-state index is 0.0443. The number of nitrogens with one attached hydrogen (secondary N) is 1. The van der Waals surface area contributed by atoms with Crippen molar-refractivity contribution in [3.63, 3.8) is 0 Å². The molecular weight excluding hydrogens is 262 g/mol. The summed E-state index contributed by atoms with van der Waals surface area (Å²) < 4.78 is 7.35. The molecule has 0 radical (unpaired) electrons. The van der Waals surface area contributed by atoms with Crippen LogP contribution in [0.1, 0.15) is 43.6 Å². The molecule has 0 saturated heterocycles. The summed E-state index contributed by atoms with van der Waals surface area (Å²) in [5.74, 6) is 0.806. The van der Waals surface area contributed by atoms with Crippen molar-refractivity contribution in [1.82, 2.24) is 15.1 Å². The van der Waals surface area contributed by atoms with Gasteiger partial charge in [-0.05, 0) is 23.6 Å². The second-order valence-corrected chi connectivity index (χ2v) is 6.28. The Morgan fingerprint density at radius 2 is 1.90 bits per heavy atom. The van der Waals surface area contributed by atoms with Crippen LogP contribution in [0.25, 0.3) is 0 Å². The van der Waals surface area contributed by atoms with Gasteiger partial charge in [0, 0.05) is 7.05 Å². The van der Waals surface area contributed by atoms with Gasteiger partial charge >= 0.3 is 0 Å². The number of rotatable bonds is 4. The fraction of sp³-hybridized carbons (Fsp3) is 0.471. The van der Waals surface area contributed by atoms with Crippen LogP contribution in [0.5, 0.6) is 5.75 Å². The van der Waals surface area contributed by atoms with Gasteiger partial charge in [-0.1, -0.05) is 45.0 Å². The molecule has 0 aliphatic carbocycles. The van der Waals surface area contributed by atoms with Crippen LogP contribution in [-0.2, 0) is 12.5 Å². The van der Waals surface area contributed by atoms with Gasteiger partial charge in [-0.2, -0.15) is 5.10 Å². The summed E-state index contributed by atoms with van der Waals surface area (Å²) in [5.41, 5.74) is 3.70. The summed E-state index contributed by atoms with van der Waals surface area (Å²) >= 11 is 0. The van der Waals surface area contributed by atoms with Crippen LogP contribution in [-0.4, -0.2) is 23.9 Å². The maximum Gasteiger partial charge on any atom is 0.161 e. The summed E-state index contributed by atoms with van der Waals surface area (Å²) in [4.78, 5) is 0. The summed E-state index contributed by atoms with van der Waals surface area (Å²) in [6, 6.07) is 8.59. The fourth-order valence-corrected chi connectivity index (χ4v) is 2.78. The number of aromatic nitrogens is 2. The van der Waals surface area contributed by atoms with E-state index in [4.69, 9.17) is 4.74 Å². The molecule has 0 aliphatic rings. The third-order valence-electron chi connectivity index (χ3n) is 3.81. The highest BCUT2D eigenvalue weighted by molar-refractivity contribution is 5.42. The lowest BCUT2D eigenvalue weighted by Crippen LogP contribution is -2.25. The second-order valence-electron chi connectivity index (χ2n) is 6.28. The average Bonchev–Trinajstić information content (AvgIpc) is 2.81. The highest BCUT2D eigenvalue weighted by Gasteiger charge is 2.26. The SMILES string of the molecule is CNC(c1ccccc1C(C)(C)C)c1c(OC)cnn1C. The molecule has 4 nitrogen and oxygen atoms in total. The van der Waals surface area contributed by atoms with Crippen molar-refractivity contribution >= 4 is 0 Å². The first-order valence-electron chi connectivity index (χ1n) is 7.22. The number of hydrogen-bond acceptors (Lipinski definition) is 3. The normalized spacial score (nSPS) is 13.2. The number of benzene rings is 1. The Kier molecular flexibility index (Phi) is 4.37. The van der Waals surface area contributed by atoms with Crippen LogP contribution in [0.4, 0.5) is 0 Å². The lowest BCUT2D eigenvalue weighted by molar-refractivity contribution is 0.402. The topological polar surface area (TPSA) is 39.1 Å². The Labute approximate surface area is 127 Å². The molecule has 1 heterocycles. The molecule has 4 heteroatoms. The van der Waals surface area contributed by atoms with Crippen molar-refractivity contribution < 1.29 is 4.74 Å². The highest BCUT2D eigenvalue weighted by atomic mass is 16.5. The fourth-order valence-electron chi connectivity index (χ4n) is 2.78. The molecule has 0 saturated carbocycles. The number of hydrogen-bond donors (Lipinski definition) is 1. The largest absolute Gasteiger partial charge is 0.493 e.